The van der Waals surface area contributed by atoms with E-state index in [-0.39, 0.29) is 11.8 Å². The zero-order valence-electron chi connectivity index (χ0n) is 17.3. The third kappa shape index (κ3) is 4.92. The van der Waals surface area contributed by atoms with E-state index >= 15 is 0 Å². The largest absolute Gasteiger partial charge is 0.457 e. The number of carbonyl (C=O) groups excluding carboxylic acids is 3. The molecule has 1 heterocycles. The van der Waals surface area contributed by atoms with Gasteiger partial charge in [0.15, 0.2) is 0 Å². The van der Waals surface area contributed by atoms with Crippen molar-refractivity contribution in [3.63, 3.8) is 0 Å². The number of para-hydroxylation sites is 1. The summed E-state index contributed by atoms with van der Waals surface area (Å²) in [6.45, 7) is 1.65. The van der Waals surface area contributed by atoms with Gasteiger partial charge in [-0.3, -0.25) is 14.9 Å². The van der Waals surface area contributed by atoms with Crippen molar-refractivity contribution in [2.75, 3.05) is 11.1 Å². The summed E-state index contributed by atoms with van der Waals surface area (Å²) in [5.41, 5.74) is 0.0833. The number of benzene rings is 3. The van der Waals surface area contributed by atoms with Gasteiger partial charge in [-0.25, -0.2) is 4.79 Å². The number of thioether (sulfide) groups is 1. The van der Waals surface area contributed by atoms with Crippen LogP contribution in [0.25, 0.3) is 0 Å². The van der Waals surface area contributed by atoms with Gasteiger partial charge in [0.05, 0.1) is 5.56 Å². The van der Waals surface area contributed by atoms with Gasteiger partial charge in [0.1, 0.15) is 17.0 Å². The highest BCUT2D eigenvalue weighted by molar-refractivity contribution is 7.99. The van der Waals surface area contributed by atoms with Crippen LogP contribution in [0.2, 0.25) is 0 Å². The van der Waals surface area contributed by atoms with E-state index in [1.54, 1.807) is 43.3 Å². The van der Waals surface area contributed by atoms with Gasteiger partial charge in [-0.2, -0.15) is 0 Å². The lowest BCUT2D eigenvalue weighted by Crippen LogP contribution is -2.46. The third-order valence-electron chi connectivity index (χ3n) is 4.86. The molecular formula is C24H21N3O4S. The molecule has 8 heteroatoms. The molecule has 0 aliphatic carbocycles. The number of amides is 4. The van der Waals surface area contributed by atoms with Crippen LogP contribution in [0.15, 0.2) is 83.8 Å². The van der Waals surface area contributed by atoms with E-state index < -0.39 is 11.6 Å². The van der Waals surface area contributed by atoms with Crippen LogP contribution in [-0.4, -0.2) is 29.1 Å². The molecule has 4 rings (SSSR count). The molecule has 32 heavy (non-hydrogen) atoms. The summed E-state index contributed by atoms with van der Waals surface area (Å²) in [6.07, 6.45) is 0. The number of anilines is 1. The highest BCUT2D eigenvalue weighted by Crippen LogP contribution is 2.28. The Hall–Kier alpha value is -3.78. The maximum absolute atomic E-state index is 12.9. The maximum atomic E-state index is 12.9. The molecule has 0 bridgehead atoms. The monoisotopic (exact) mass is 447 g/mol. The van der Waals surface area contributed by atoms with E-state index in [1.807, 2.05) is 42.5 Å². The van der Waals surface area contributed by atoms with Gasteiger partial charge in [0.25, 0.3) is 11.8 Å². The Labute approximate surface area is 189 Å². The lowest BCUT2D eigenvalue weighted by atomic mass is 10.1. The van der Waals surface area contributed by atoms with Crippen LogP contribution in [0.5, 0.6) is 11.5 Å². The smallest absolute Gasteiger partial charge is 0.322 e. The fourth-order valence-corrected chi connectivity index (χ4v) is 4.25. The fourth-order valence-electron chi connectivity index (χ4n) is 3.11. The number of rotatable bonds is 7. The van der Waals surface area contributed by atoms with Gasteiger partial charge >= 0.3 is 6.03 Å². The molecule has 4 amide bonds. The summed E-state index contributed by atoms with van der Waals surface area (Å²) in [5.74, 6) is 1.04. The molecule has 1 saturated heterocycles. The molecule has 3 aromatic carbocycles. The summed E-state index contributed by atoms with van der Waals surface area (Å²) in [4.78, 5) is 37.1. The van der Waals surface area contributed by atoms with Crippen molar-refractivity contribution in [3.05, 3.63) is 84.4 Å². The second kappa shape index (κ2) is 9.15. The lowest BCUT2D eigenvalue weighted by molar-refractivity contribution is -0.122. The molecule has 3 aromatic rings. The maximum Gasteiger partial charge on any atom is 0.322 e. The number of urea groups is 1. The zero-order valence-corrected chi connectivity index (χ0v) is 18.1. The molecule has 1 atom stereocenters. The fraction of sp³-hybridized carbons (Fsp3) is 0.125. The van der Waals surface area contributed by atoms with Crippen molar-refractivity contribution >= 4 is 35.3 Å². The second-order valence-electron chi connectivity index (χ2n) is 7.42. The molecule has 0 spiro atoms. The van der Waals surface area contributed by atoms with Gasteiger partial charge in [0.2, 0.25) is 0 Å². The predicted molar refractivity (Wildman–Crippen MR) is 123 cm³/mol. The minimum absolute atomic E-state index is 0.269. The normalized spacial score (nSPS) is 17.4. The molecule has 1 aliphatic rings. The number of hydrogen-bond donors (Lipinski definition) is 3. The molecule has 162 valence electrons. The predicted octanol–water partition coefficient (Wildman–Crippen LogP) is 4.42. The molecule has 1 unspecified atom stereocenters. The van der Waals surface area contributed by atoms with Gasteiger partial charge in [-0.05, 0) is 55.5 Å². The standard InChI is InChI=1S/C24H21N3O4S/c1-24(22(29)26-23(30)27-24)15-32-20-10-6-5-9-19(20)21(28)25-16-11-13-18(14-12-16)31-17-7-3-2-4-8-17/h2-14H,15H2,1H3,(H,25,28)(H2,26,27,29,30). The first-order valence-corrected chi connectivity index (χ1v) is 10.9. The average Bonchev–Trinajstić information content (AvgIpc) is 3.06. The zero-order chi connectivity index (χ0) is 22.6. The molecule has 1 aliphatic heterocycles. The average molecular weight is 448 g/mol. The quantitative estimate of drug-likeness (QED) is 0.368. The van der Waals surface area contributed by atoms with Crippen molar-refractivity contribution in [1.82, 2.24) is 10.6 Å². The first kappa shape index (κ1) is 21.5. The molecule has 0 radical (unpaired) electrons. The third-order valence-corrected chi connectivity index (χ3v) is 6.25. The highest BCUT2D eigenvalue weighted by atomic mass is 32.2. The van der Waals surface area contributed by atoms with Crippen molar-refractivity contribution in [2.45, 2.75) is 17.4 Å². The van der Waals surface area contributed by atoms with E-state index in [0.717, 1.165) is 5.75 Å². The van der Waals surface area contributed by atoms with Crippen LogP contribution < -0.4 is 20.7 Å². The van der Waals surface area contributed by atoms with Crippen LogP contribution in [-0.2, 0) is 4.79 Å². The van der Waals surface area contributed by atoms with E-state index in [2.05, 4.69) is 16.0 Å². The van der Waals surface area contributed by atoms with Gasteiger partial charge < -0.3 is 15.4 Å². The van der Waals surface area contributed by atoms with E-state index in [9.17, 15) is 14.4 Å². The van der Waals surface area contributed by atoms with Crippen LogP contribution >= 0.6 is 11.8 Å². The molecule has 0 saturated carbocycles. The second-order valence-corrected chi connectivity index (χ2v) is 8.44. The van der Waals surface area contributed by atoms with Crippen LogP contribution in [0.3, 0.4) is 0 Å². The molecule has 7 nitrogen and oxygen atoms in total. The summed E-state index contributed by atoms with van der Waals surface area (Å²) in [7, 11) is 0. The van der Waals surface area contributed by atoms with Crippen molar-refractivity contribution < 1.29 is 19.1 Å². The summed E-state index contributed by atoms with van der Waals surface area (Å²) in [6, 6.07) is 23.2. The molecular weight excluding hydrogens is 426 g/mol. The van der Waals surface area contributed by atoms with Crippen LogP contribution in [0.1, 0.15) is 17.3 Å². The Balaban J connectivity index is 1.41. The Morgan fingerprint density at radius 3 is 2.28 bits per heavy atom. The van der Waals surface area contributed by atoms with E-state index in [1.165, 1.54) is 11.8 Å². The Bertz CT molecular complexity index is 1150. The number of carbonyl (C=O) groups is 3. The number of ether oxygens (including phenoxy) is 1. The highest BCUT2D eigenvalue weighted by Gasteiger charge is 2.41. The number of nitrogens with one attached hydrogen (secondary N) is 3. The molecule has 0 aromatic heterocycles. The Kier molecular flexibility index (Phi) is 6.13. The van der Waals surface area contributed by atoms with E-state index in [0.29, 0.717) is 27.6 Å². The molecule has 1 fully saturated rings. The first-order chi connectivity index (χ1) is 15.4. The van der Waals surface area contributed by atoms with Crippen LogP contribution in [0.4, 0.5) is 10.5 Å². The van der Waals surface area contributed by atoms with Gasteiger partial charge in [-0.1, -0.05) is 30.3 Å². The topological polar surface area (TPSA) is 96.5 Å². The van der Waals surface area contributed by atoms with Crippen molar-refractivity contribution in [3.8, 4) is 11.5 Å². The van der Waals surface area contributed by atoms with E-state index in [4.69, 9.17) is 4.74 Å². The van der Waals surface area contributed by atoms with Crippen molar-refractivity contribution in [1.29, 1.82) is 0 Å². The first-order valence-electron chi connectivity index (χ1n) is 9.93. The number of hydrogen-bond acceptors (Lipinski definition) is 5. The van der Waals surface area contributed by atoms with Gasteiger partial charge in [0, 0.05) is 16.3 Å². The summed E-state index contributed by atoms with van der Waals surface area (Å²) < 4.78 is 5.77. The minimum atomic E-state index is -1.03. The summed E-state index contributed by atoms with van der Waals surface area (Å²) >= 11 is 1.34. The minimum Gasteiger partial charge on any atom is -0.457 e. The molecule has 3 N–H and O–H groups in total. The number of imide groups is 1. The van der Waals surface area contributed by atoms with Crippen molar-refractivity contribution in [2.24, 2.45) is 0 Å². The Morgan fingerprint density at radius 1 is 0.938 bits per heavy atom. The SMILES string of the molecule is CC1(CSc2ccccc2C(=O)Nc2ccc(Oc3ccccc3)cc2)NC(=O)NC1=O. The van der Waals surface area contributed by atoms with Gasteiger partial charge in [-0.15, -0.1) is 11.8 Å². The van der Waals surface area contributed by atoms with Crippen LogP contribution in [0, 0.1) is 0 Å². The lowest BCUT2D eigenvalue weighted by Gasteiger charge is -2.20. The summed E-state index contributed by atoms with van der Waals surface area (Å²) in [5, 5.41) is 7.76. The Morgan fingerprint density at radius 2 is 1.59 bits per heavy atom.